The molecular weight excluding hydrogens is 288 g/mol. The molecule has 1 aromatic rings. The molecule has 2 saturated carbocycles. The van der Waals surface area contributed by atoms with Gasteiger partial charge in [-0.3, -0.25) is 4.79 Å². The zero-order valence-electron chi connectivity index (χ0n) is 13.5. The molecule has 0 aromatic heterocycles. The van der Waals surface area contributed by atoms with Crippen LogP contribution in [-0.4, -0.2) is 24.6 Å². The van der Waals surface area contributed by atoms with E-state index in [0.29, 0.717) is 30.0 Å². The number of nitrogens with two attached hydrogens (primary N) is 1. The highest BCUT2D eigenvalue weighted by molar-refractivity contribution is 5.94. The molecule has 0 radical (unpaired) electrons. The molecule has 1 amide bonds. The second kappa shape index (κ2) is 7.18. The van der Waals surface area contributed by atoms with E-state index >= 15 is 0 Å². The Morgan fingerprint density at radius 2 is 1.91 bits per heavy atom. The molecule has 2 fully saturated rings. The maximum absolute atomic E-state index is 12.6. The Balaban J connectivity index is 1.63. The van der Waals surface area contributed by atoms with Crippen molar-refractivity contribution >= 4 is 5.91 Å². The molecule has 2 aliphatic rings. The number of hydrogen-bond donors (Lipinski definition) is 2. The highest BCUT2D eigenvalue weighted by atomic mass is 16.5. The lowest BCUT2D eigenvalue weighted by molar-refractivity contribution is 0.0756. The van der Waals surface area contributed by atoms with Crippen LogP contribution in [0.5, 0.6) is 5.75 Å². The van der Waals surface area contributed by atoms with Gasteiger partial charge in [0.25, 0.3) is 5.91 Å². The van der Waals surface area contributed by atoms with Gasteiger partial charge in [-0.15, -0.1) is 0 Å². The lowest BCUT2D eigenvalue weighted by atomic mass is 9.67. The van der Waals surface area contributed by atoms with Crippen molar-refractivity contribution in [3.8, 4) is 5.75 Å². The van der Waals surface area contributed by atoms with Gasteiger partial charge in [0.1, 0.15) is 12.4 Å². The normalized spacial score (nSPS) is 29.6. The molecule has 124 valence electrons. The predicted molar refractivity (Wildman–Crippen MR) is 91.4 cm³/mol. The Morgan fingerprint density at radius 1 is 1.26 bits per heavy atom. The van der Waals surface area contributed by atoms with E-state index in [1.54, 1.807) is 6.08 Å². The van der Waals surface area contributed by atoms with Crippen molar-refractivity contribution < 1.29 is 9.53 Å². The first kappa shape index (κ1) is 16.1. The van der Waals surface area contributed by atoms with Crippen molar-refractivity contribution in [1.29, 1.82) is 0 Å². The molecule has 2 atom stereocenters. The smallest absolute Gasteiger partial charge is 0.251 e. The van der Waals surface area contributed by atoms with Crippen LogP contribution in [0.15, 0.2) is 36.9 Å². The van der Waals surface area contributed by atoms with E-state index in [0.717, 1.165) is 18.6 Å². The summed E-state index contributed by atoms with van der Waals surface area (Å²) >= 11 is 0. The van der Waals surface area contributed by atoms with Crippen LogP contribution in [0.25, 0.3) is 0 Å². The molecular formula is C19H26N2O2. The molecule has 4 nitrogen and oxygen atoms in total. The van der Waals surface area contributed by atoms with E-state index in [4.69, 9.17) is 10.5 Å². The van der Waals surface area contributed by atoms with Gasteiger partial charge in [0.05, 0.1) is 0 Å². The molecule has 0 aliphatic heterocycles. The fourth-order valence-electron chi connectivity index (χ4n) is 4.12. The van der Waals surface area contributed by atoms with Gasteiger partial charge >= 0.3 is 0 Å². The molecule has 3 N–H and O–H groups in total. The number of carbonyl (C=O) groups excluding carboxylic acids is 1. The summed E-state index contributed by atoms with van der Waals surface area (Å²) in [6.07, 6.45) is 7.41. The fraction of sp³-hybridized carbons (Fsp3) is 0.526. The van der Waals surface area contributed by atoms with Crippen LogP contribution in [-0.2, 0) is 0 Å². The van der Waals surface area contributed by atoms with Crippen molar-refractivity contribution in [3.63, 3.8) is 0 Å². The second-order valence-corrected chi connectivity index (χ2v) is 6.81. The Labute approximate surface area is 138 Å². The number of nitrogens with one attached hydrogen (secondary N) is 1. The zero-order chi connectivity index (χ0) is 16.2. The molecule has 0 spiro atoms. The molecule has 4 heteroatoms. The summed E-state index contributed by atoms with van der Waals surface area (Å²) in [7, 11) is 0. The highest BCUT2D eigenvalue weighted by Crippen LogP contribution is 2.39. The van der Waals surface area contributed by atoms with Crippen LogP contribution in [0.4, 0.5) is 0 Å². The van der Waals surface area contributed by atoms with E-state index in [1.807, 2.05) is 24.3 Å². The minimum Gasteiger partial charge on any atom is -0.490 e. The molecule has 2 aliphatic carbocycles. The third-order valence-electron chi connectivity index (χ3n) is 5.16. The first-order chi connectivity index (χ1) is 11.2. The maximum atomic E-state index is 12.6. The SMILES string of the molecule is C=CCOc1ccc(C(=O)NC2C3CCCC2CC(N)C3)cc1. The lowest BCUT2D eigenvalue weighted by Gasteiger charge is -2.45. The van der Waals surface area contributed by atoms with Gasteiger partial charge in [-0.2, -0.15) is 0 Å². The second-order valence-electron chi connectivity index (χ2n) is 6.81. The maximum Gasteiger partial charge on any atom is 0.251 e. The number of amides is 1. The number of hydrogen-bond acceptors (Lipinski definition) is 3. The van der Waals surface area contributed by atoms with Crippen LogP contribution in [0.1, 0.15) is 42.5 Å². The molecule has 1 aromatic carbocycles. The van der Waals surface area contributed by atoms with Gasteiger partial charge < -0.3 is 15.8 Å². The lowest BCUT2D eigenvalue weighted by Crippen LogP contribution is -2.53. The first-order valence-corrected chi connectivity index (χ1v) is 8.57. The first-order valence-electron chi connectivity index (χ1n) is 8.57. The Morgan fingerprint density at radius 3 is 2.52 bits per heavy atom. The van der Waals surface area contributed by atoms with Crippen LogP contribution >= 0.6 is 0 Å². The zero-order valence-corrected chi connectivity index (χ0v) is 13.5. The largest absolute Gasteiger partial charge is 0.490 e. The van der Waals surface area contributed by atoms with E-state index in [2.05, 4.69) is 11.9 Å². The summed E-state index contributed by atoms with van der Waals surface area (Å²) in [5.41, 5.74) is 6.84. The average Bonchev–Trinajstić information content (AvgIpc) is 2.54. The van der Waals surface area contributed by atoms with Gasteiger partial charge in [0.2, 0.25) is 0 Å². The van der Waals surface area contributed by atoms with E-state index in [-0.39, 0.29) is 11.9 Å². The van der Waals surface area contributed by atoms with Crippen LogP contribution in [0, 0.1) is 11.8 Å². The molecule has 0 saturated heterocycles. The highest BCUT2D eigenvalue weighted by Gasteiger charge is 2.39. The Kier molecular flexibility index (Phi) is 5.01. The van der Waals surface area contributed by atoms with Crippen molar-refractivity contribution in [2.24, 2.45) is 17.6 Å². The number of benzene rings is 1. The van der Waals surface area contributed by atoms with Gasteiger partial charge in [-0.05, 0) is 61.8 Å². The quantitative estimate of drug-likeness (QED) is 0.821. The number of ether oxygens (including phenoxy) is 1. The Bertz CT molecular complexity index is 541. The van der Waals surface area contributed by atoms with Crippen molar-refractivity contribution in [1.82, 2.24) is 5.32 Å². The number of fused-ring (bicyclic) bond motifs is 2. The van der Waals surface area contributed by atoms with Crippen molar-refractivity contribution in [2.45, 2.75) is 44.2 Å². The summed E-state index contributed by atoms with van der Waals surface area (Å²) < 4.78 is 5.45. The minimum absolute atomic E-state index is 0.0117. The third kappa shape index (κ3) is 3.75. The monoisotopic (exact) mass is 314 g/mol. The summed E-state index contributed by atoms with van der Waals surface area (Å²) in [5.74, 6) is 1.84. The van der Waals surface area contributed by atoms with E-state index in [9.17, 15) is 4.79 Å². The molecule has 0 heterocycles. The average molecular weight is 314 g/mol. The Hall–Kier alpha value is -1.81. The van der Waals surface area contributed by atoms with Gasteiger partial charge in [0.15, 0.2) is 0 Å². The third-order valence-corrected chi connectivity index (χ3v) is 5.16. The standard InChI is InChI=1S/C19H26N2O2/c1-2-10-23-17-8-6-13(7-9-17)19(22)21-18-14-4-3-5-15(18)12-16(20)11-14/h2,6-9,14-16,18H,1,3-5,10-12,20H2,(H,21,22). The molecule has 2 unspecified atom stereocenters. The van der Waals surface area contributed by atoms with Crippen molar-refractivity contribution in [2.75, 3.05) is 6.61 Å². The summed E-state index contributed by atoms with van der Waals surface area (Å²) in [4.78, 5) is 12.6. The van der Waals surface area contributed by atoms with Gasteiger partial charge in [0, 0.05) is 17.6 Å². The molecule has 3 rings (SSSR count). The minimum atomic E-state index is 0.0117. The predicted octanol–water partition coefficient (Wildman–Crippen LogP) is 2.89. The molecule has 2 bridgehead atoms. The van der Waals surface area contributed by atoms with Crippen molar-refractivity contribution in [3.05, 3.63) is 42.5 Å². The number of rotatable bonds is 5. The van der Waals surface area contributed by atoms with Crippen LogP contribution in [0.2, 0.25) is 0 Å². The summed E-state index contributed by atoms with van der Waals surface area (Å²) in [6, 6.07) is 7.88. The van der Waals surface area contributed by atoms with Gasteiger partial charge in [-0.25, -0.2) is 0 Å². The number of carbonyl (C=O) groups is 1. The molecule has 23 heavy (non-hydrogen) atoms. The topological polar surface area (TPSA) is 64.3 Å². The van der Waals surface area contributed by atoms with Gasteiger partial charge in [-0.1, -0.05) is 19.1 Å². The van der Waals surface area contributed by atoms with E-state index < -0.39 is 0 Å². The summed E-state index contributed by atoms with van der Waals surface area (Å²) in [6.45, 7) is 4.09. The van der Waals surface area contributed by atoms with Crippen LogP contribution < -0.4 is 15.8 Å². The van der Waals surface area contributed by atoms with E-state index in [1.165, 1.54) is 19.3 Å². The fourth-order valence-corrected chi connectivity index (χ4v) is 4.12. The summed E-state index contributed by atoms with van der Waals surface area (Å²) in [5, 5.41) is 3.27. The van der Waals surface area contributed by atoms with Crippen LogP contribution in [0.3, 0.4) is 0 Å².